The van der Waals surface area contributed by atoms with Gasteiger partial charge in [0.1, 0.15) is 5.75 Å². The van der Waals surface area contributed by atoms with Crippen molar-refractivity contribution in [3.63, 3.8) is 0 Å². The van der Waals surface area contributed by atoms with Crippen molar-refractivity contribution >= 4 is 6.03 Å². The summed E-state index contributed by atoms with van der Waals surface area (Å²) >= 11 is 0. The van der Waals surface area contributed by atoms with E-state index < -0.39 is 0 Å². The van der Waals surface area contributed by atoms with Crippen molar-refractivity contribution in [2.24, 2.45) is 0 Å². The Labute approximate surface area is 108 Å². The summed E-state index contributed by atoms with van der Waals surface area (Å²) in [7, 11) is 1.63. The smallest absolute Gasteiger partial charge is 0.319 e. The highest BCUT2D eigenvalue weighted by Crippen LogP contribution is 2.16. The first-order valence-electron chi connectivity index (χ1n) is 5.87. The summed E-state index contributed by atoms with van der Waals surface area (Å²) in [6, 6.07) is 7.36. The Morgan fingerprint density at radius 2 is 1.89 bits per heavy atom. The normalized spacial score (nSPS) is 11.3. The van der Waals surface area contributed by atoms with E-state index in [-0.39, 0.29) is 12.1 Å². The van der Waals surface area contributed by atoms with E-state index in [2.05, 4.69) is 10.6 Å². The van der Waals surface area contributed by atoms with Crippen LogP contribution in [0, 0.1) is 0 Å². The molecule has 1 rings (SSSR count). The summed E-state index contributed by atoms with van der Waals surface area (Å²) in [6.45, 7) is 5.78. The van der Waals surface area contributed by atoms with E-state index in [4.69, 9.17) is 4.74 Å². The second kappa shape index (κ2) is 6.69. The van der Waals surface area contributed by atoms with Crippen LogP contribution < -0.4 is 15.4 Å². The highest BCUT2D eigenvalue weighted by molar-refractivity contribution is 5.75. The van der Waals surface area contributed by atoms with Gasteiger partial charge in [-0.15, -0.1) is 0 Å². The molecule has 1 unspecified atom stereocenters. The maximum absolute atomic E-state index is 11.6. The summed E-state index contributed by atoms with van der Waals surface area (Å²) in [5.41, 5.74) is 2.07. The van der Waals surface area contributed by atoms with Crippen molar-refractivity contribution in [1.82, 2.24) is 10.6 Å². The molecule has 98 valence electrons. The molecule has 1 aromatic rings. The molecule has 0 aliphatic rings. The van der Waals surface area contributed by atoms with Gasteiger partial charge in [-0.3, -0.25) is 0 Å². The molecule has 18 heavy (non-hydrogen) atoms. The molecule has 2 amide bonds. The van der Waals surface area contributed by atoms with E-state index >= 15 is 0 Å². The van der Waals surface area contributed by atoms with Gasteiger partial charge in [-0.05, 0) is 38.5 Å². The van der Waals surface area contributed by atoms with Gasteiger partial charge in [0.25, 0.3) is 0 Å². The summed E-state index contributed by atoms with van der Waals surface area (Å²) in [4.78, 5) is 11.6. The van der Waals surface area contributed by atoms with Crippen molar-refractivity contribution in [3.05, 3.63) is 41.6 Å². The van der Waals surface area contributed by atoms with Gasteiger partial charge in [0.15, 0.2) is 0 Å². The maximum atomic E-state index is 11.6. The van der Waals surface area contributed by atoms with Crippen LogP contribution in [0.2, 0.25) is 0 Å². The average molecular weight is 248 g/mol. The molecule has 4 nitrogen and oxygen atoms in total. The number of amides is 2. The van der Waals surface area contributed by atoms with Crippen molar-refractivity contribution in [2.45, 2.75) is 26.8 Å². The Kier molecular flexibility index (Phi) is 5.24. The molecule has 0 radical (unpaired) electrons. The van der Waals surface area contributed by atoms with Gasteiger partial charge < -0.3 is 15.4 Å². The van der Waals surface area contributed by atoms with Crippen LogP contribution in [0.4, 0.5) is 4.79 Å². The van der Waals surface area contributed by atoms with Gasteiger partial charge in [0, 0.05) is 6.20 Å². The Morgan fingerprint density at radius 1 is 1.28 bits per heavy atom. The van der Waals surface area contributed by atoms with Crippen LogP contribution in [0.1, 0.15) is 32.4 Å². The van der Waals surface area contributed by atoms with Gasteiger partial charge in [-0.25, -0.2) is 4.79 Å². The van der Waals surface area contributed by atoms with E-state index in [1.165, 1.54) is 0 Å². The predicted molar refractivity (Wildman–Crippen MR) is 72.5 cm³/mol. The third kappa shape index (κ3) is 4.49. The van der Waals surface area contributed by atoms with E-state index in [0.29, 0.717) is 0 Å². The quantitative estimate of drug-likeness (QED) is 0.860. The van der Waals surface area contributed by atoms with Crippen LogP contribution in [0.5, 0.6) is 5.75 Å². The Balaban J connectivity index is 2.56. The number of methoxy groups -OCH3 is 1. The number of hydrogen-bond donors (Lipinski definition) is 2. The number of urea groups is 1. The molecule has 0 fully saturated rings. The van der Waals surface area contributed by atoms with Crippen molar-refractivity contribution < 1.29 is 9.53 Å². The van der Waals surface area contributed by atoms with Crippen LogP contribution >= 0.6 is 0 Å². The first-order valence-corrected chi connectivity index (χ1v) is 5.87. The third-order valence-electron chi connectivity index (χ3n) is 2.46. The minimum atomic E-state index is -0.209. The van der Waals surface area contributed by atoms with E-state index in [1.54, 1.807) is 13.3 Å². The predicted octanol–water partition coefficient (Wildman–Crippen LogP) is 2.98. The Morgan fingerprint density at radius 3 is 2.39 bits per heavy atom. The molecule has 0 spiro atoms. The summed E-state index contributed by atoms with van der Waals surface area (Å²) in [5, 5.41) is 5.52. The third-order valence-corrected chi connectivity index (χ3v) is 2.46. The maximum Gasteiger partial charge on any atom is 0.319 e. The van der Waals surface area contributed by atoms with Crippen LogP contribution in [0.15, 0.2) is 36.0 Å². The number of carbonyl (C=O) groups is 1. The fourth-order valence-corrected chi connectivity index (χ4v) is 1.42. The minimum absolute atomic E-state index is 0.0542. The topological polar surface area (TPSA) is 50.4 Å². The fraction of sp³-hybridized carbons (Fsp3) is 0.357. The lowest BCUT2D eigenvalue weighted by atomic mass is 10.1. The number of allylic oxidation sites excluding steroid dienone is 1. The number of carbonyl (C=O) groups excluding carboxylic acids is 1. The fourth-order valence-electron chi connectivity index (χ4n) is 1.42. The highest BCUT2D eigenvalue weighted by Gasteiger charge is 2.08. The lowest BCUT2D eigenvalue weighted by molar-refractivity contribution is 0.241. The summed E-state index contributed by atoms with van der Waals surface area (Å²) in [6.07, 6.45) is 1.68. The minimum Gasteiger partial charge on any atom is -0.497 e. The number of hydrogen-bond acceptors (Lipinski definition) is 2. The zero-order chi connectivity index (χ0) is 13.5. The van der Waals surface area contributed by atoms with Crippen LogP contribution in [-0.4, -0.2) is 13.1 Å². The molecule has 1 aromatic carbocycles. The molecule has 2 N–H and O–H groups in total. The molecule has 0 saturated carbocycles. The second-order valence-corrected chi connectivity index (χ2v) is 4.33. The summed E-state index contributed by atoms with van der Waals surface area (Å²) < 4.78 is 5.09. The lowest BCUT2D eigenvalue weighted by Crippen LogP contribution is -2.34. The first kappa shape index (κ1) is 14.1. The first-order chi connectivity index (χ1) is 8.52. The molecule has 0 aromatic heterocycles. The van der Waals surface area contributed by atoms with Gasteiger partial charge in [-0.2, -0.15) is 0 Å². The standard InChI is InChI=1S/C14H20N2O2/c1-10(2)9-15-14(17)16-11(3)12-5-7-13(18-4)8-6-12/h5-9,11H,1-4H3,(H2,15,16,17). The second-order valence-electron chi connectivity index (χ2n) is 4.33. The van der Waals surface area contributed by atoms with Gasteiger partial charge >= 0.3 is 6.03 Å². The highest BCUT2D eigenvalue weighted by atomic mass is 16.5. The number of ether oxygens (including phenoxy) is 1. The molecule has 0 heterocycles. The van der Waals surface area contributed by atoms with Crippen molar-refractivity contribution in [1.29, 1.82) is 0 Å². The zero-order valence-corrected chi connectivity index (χ0v) is 11.3. The largest absolute Gasteiger partial charge is 0.497 e. The monoisotopic (exact) mass is 248 g/mol. The number of benzene rings is 1. The lowest BCUT2D eigenvalue weighted by Gasteiger charge is -2.14. The Bertz CT molecular complexity index is 420. The molecule has 4 heteroatoms. The zero-order valence-electron chi connectivity index (χ0n) is 11.3. The van der Waals surface area contributed by atoms with Gasteiger partial charge in [-0.1, -0.05) is 17.7 Å². The molecular weight excluding hydrogens is 228 g/mol. The van der Waals surface area contributed by atoms with E-state index in [0.717, 1.165) is 16.9 Å². The molecule has 0 saturated heterocycles. The van der Waals surface area contributed by atoms with E-state index in [9.17, 15) is 4.79 Å². The van der Waals surface area contributed by atoms with Crippen LogP contribution in [0.25, 0.3) is 0 Å². The molecular formula is C14H20N2O2. The Hall–Kier alpha value is -1.97. The molecule has 0 aliphatic carbocycles. The summed E-state index contributed by atoms with van der Waals surface area (Å²) in [5.74, 6) is 0.806. The molecule has 0 aliphatic heterocycles. The number of nitrogens with one attached hydrogen (secondary N) is 2. The van der Waals surface area contributed by atoms with Crippen LogP contribution in [-0.2, 0) is 0 Å². The van der Waals surface area contributed by atoms with Gasteiger partial charge in [0.05, 0.1) is 13.2 Å². The van der Waals surface area contributed by atoms with Crippen molar-refractivity contribution in [3.8, 4) is 5.75 Å². The molecule has 1 atom stereocenters. The molecule has 0 bridgehead atoms. The average Bonchev–Trinajstić information content (AvgIpc) is 2.36. The SMILES string of the molecule is COc1ccc(C(C)NC(=O)NC=C(C)C)cc1. The number of rotatable bonds is 4. The van der Waals surface area contributed by atoms with E-state index in [1.807, 2.05) is 45.0 Å². The van der Waals surface area contributed by atoms with Gasteiger partial charge in [0.2, 0.25) is 0 Å². The van der Waals surface area contributed by atoms with Crippen LogP contribution in [0.3, 0.4) is 0 Å². The van der Waals surface area contributed by atoms with Crippen molar-refractivity contribution in [2.75, 3.05) is 7.11 Å².